The van der Waals surface area contributed by atoms with Gasteiger partial charge in [0.15, 0.2) is 0 Å². The summed E-state index contributed by atoms with van der Waals surface area (Å²) in [4.78, 5) is 1.47. The second-order valence-corrected chi connectivity index (χ2v) is 7.49. The van der Waals surface area contributed by atoms with Crippen LogP contribution in [-0.4, -0.2) is 6.04 Å². The Hall–Kier alpha value is 0.140. The summed E-state index contributed by atoms with van der Waals surface area (Å²) >= 11 is 5.48. The van der Waals surface area contributed by atoms with Crippen LogP contribution in [0.5, 0.6) is 0 Å². The maximum atomic E-state index is 6.30. The lowest BCUT2D eigenvalue weighted by Gasteiger charge is -2.36. The van der Waals surface area contributed by atoms with Crippen LogP contribution < -0.4 is 5.73 Å². The van der Waals surface area contributed by atoms with E-state index >= 15 is 0 Å². The maximum absolute atomic E-state index is 6.30. The lowest BCUT2D eigenvalue weighted by atomic mass is 9.72. The summed E-state index contributed by atoms with van der Waals surface area (Å²) in [5.74, 6) is 2.35. The molecule has 96 valence electrons. The van der Waals surface area contributed by atoms with Crippen LogP contribution in [0, 0.1) is 17.8 Å². The molecule has 1 aromatic heterocycles. The van der Waals surface area contributed by atoms with E-state index in [-0.39, 0.29) is 0 Å². The van der Waals surface area contributed by atoms with Gasteiger partial charge in [0.1, 0.15) is 0 Å². The van der Waals surface area contributed by atoms with Gasteiger partial charge in [-0.15, -0.1) is 11.3 Å². The Bertz CT molecular complexity index is 361. The molecule has 0 radical (unpaired) electrons. The van der Waals surface area contributed by atoms with Crippen LogP contribution in [0.4, 0.5) is 0 Å². The van der Waals surface area contributed by atoms with E-state index in [9.17, 15) is 0 Å². The van der Waals surface area contributed by atoms with Gasteiger partial charge in [0, 0.05) is 15.4 Å². The van der Waals surface area contributed by atoms with Gasteiger partial charge >= 0.3 is 0 Å². The quantitative estimate of drug-likeness (QED) is 0.876. The molecule has 1 nitrogen and oxygen atoms in total. The molecule has 3 heteroatoms. The Labute approximate surface area is 117 Å². The molecule has 0 aliphatic heterocycles. The van der Waals surface area contributed by atoms with Crippen LogP contribution in [0.1, 0.15) is 38.0 Å². The molecule has 1 aromatic rings. The molecule has 0 spiro atoms. The molecule has 1 aliphatic rings. The van der Waals surface area contributed by atoms with Crippen molar-refractivity contribution >= 4 is 27.3 Å². The van der Waals surface area contributed by atoms with Gasteiger partial charge in [-0.25, -0.2) is 0 Å². The van der Waals surface area contributed by atoms with E-state index in [1.807, 2.05) is 11.3 Å². The van der Waals surface area contributed by atoms with E-state index in [0.29, 0.717) is 12.0 Å². The van der Waals surface area contributed by atoms with Gasteiger partial charge in [-0.2, -0.15) is 0 Å². The fraction of sp³-hybridized carbons (Fsp3) is 0.714. The molecule has 2 rings (SSSR count). The standard InChI is InChI=1S/C14H22BrNS/c1-9(2)10-3-4-13(16)11(7-10)8-14-12(15)5-6-17-14/h5-6,9-11,13H,3-4,7-8,16H2,1-2H3. The molecule has 0 saturated heterocycles. The number of thiophene rings is 1. The highest BCUT2D eigenvalue weighted by Gasteiger charge is 2.30. The van der Waals surface area contributed by atoms with E-state index in [2.05, 4.69) is 41.2 Å². The van der Waals surface area contributed by atoms with Crippen molar-refractivity contribution in [1.29, 1.82) is 0 Å². The number of nitrogens with two attached hydrogens (primary N) is 1. The molecule has 0 bridgehead atoms. The minimum Gasteiger partial charge on any atom is -0.327 e. The van der Waals surface area contributed by atoms with Gasteiger partial charge in [-0.05, 0) is 70.8 Å². The molecule has 0 amide bonds. The predicted octanol–water partition coefficient (Wildman–Crippen LogP) is 4.45. The van der Waals surface area contributed by atoms with Gasteiger partial charge in [-0.1, -0.05) is 13.8 Å². The highest BCUT2D eigenvalue weighted by molar-refractivity contribution is 9.10. The van der Waals surface area contributed by atoms with E-state index < -0.39 is 0 Å². The second kappa shape index (κ2) is 5.85. The first kappa shape index (κ1) is 13.6. The summed E-state index contributed by atoms with van der Waals surface area (Å²) in [5, 5.41) is 2.16. The Morgan fingerprint density at radius 1 is 1.47 bits per heavy atom. The van der Waals surface area contributed by atoms with Crippen molar-refractivity contribution in [2.45, 2.75) is 45.6 Å². The van der Waals surface area contributed by atoms with Crippen LogP contribution in [0.2, 0.25) is 0 Å². The van der Waals surface area contributed by atoms with Crippen LogP contribution in [0.25, 0.3) is 0 Å². The van der Waals surface area contributed by atoms with E-state index in [1.165, 1.54) is 28.6 Å². The summed E-state index contributed by atoms with van der Waals surface area (Å²) in [6.45, 7) is 4.69. The molecule has 3 atom stereocenters. The lowest BCUT2D eigenvalue weighted by molar-refractivity contribution is 0.190. The van der Waals surface area contributed by atoms with Crippen molar-refractivity contribution < 1.29 is 0 Å². The first-order chi connectivity index (χ1) is 8.08. The molecule has 1 saturated carbocycles. The van der Waals surface area contributed by atoms with E-state index in [4.69, 9.17) is 5.73 Å². The Morgan fingerprint density at radius 3 is 2.82 bits per heavy atom. The van der Waals surface area contributed by atoms with Crippen LogP contribution in [-0.2, 0) is 6.42 Å². The van der Waals surface area contributed by atoms with Crippen molar-refractivity contribution in [3.05, 3.63) is 20.8 Å². The van der Waals surface area contributed by atoms with Crippen molar-refractivity contribution in [1.82, 2.24) is 0 Å². The van der Waals surface area contributed by atoms with Crippen LogP contribution in [0.15, 0.2) is 15.9 Å². The molecule has 1 aliphatic carbocycles. The topological polar surface area (TPSA) is 26.0 Å². The van der Waals surface area contributed by atoms with E-state index in [1.54, 1.807) is 0 Å². The summed E-state index contributed by atoms with van der Waals surface area (Å²) < 4.78 is 1.27. The third-order valence-electron chi connectivity index (χ3n) is 4.16. The zero-order chi connectivity index (χ0) is 12.4. The van der Waals surface area contributed by atoms with Crippen LogP contribution >= 0.6 is 27.3 Å². The average Bonchev–Trinajstić information content (AvgIpc) is 2.67. The highest BCUT2D eigenvalue weighted by Crippen LogP contribution is 2.36. The number of halogens is 1. The first-order valence-electron chi connectivity index (χ1n) is 6.55. The molecule has 0 aromatic carbocycles. The molecule has 1 fully saturated rings. The predicted molar refractivity (Wildman–Crippen MR) is 79.4 cm³/mol. The molecular formula is C14H22BrNS. The number of hydrogen-bond acceptors (Lipinski definition) is 2. The molecule has 1 heterocycles. The van der Waals surface area contributed by atoms with Gasteiger partial charge in [0.2, 0.25) is 0 Å². The molecule has 3 unspecified atom stereocenters. The SMILES string of the molecule is CC(C)C1CCC(N)C(Cc2sccc2Br)C1. The summed E-state index contributed by atoms with van der Waals surface area (Å²) in [5.41, 5.74) is 6.30. The third-order valence-corrected chi connectivity index (χ3v) is 6.11. The fourth-order valence-corrected chi connectivity index (χ4v) is 4.48. The minimum atomic E-state index is 0.402. The maximum Gasteiger partial charge on any atom is 0.0314 e. The van der Waals surface area contributed by atoms with Gasteiger partial charge in [0.25, 0.3) is 0 Å². The zero-order valence-corrected chi connectivity index (χ0v) is 13.1. The summed E-state index contributed by atoms with van der Waals surface area (Å²) in [6.07, 6.45) is 4.99. The Kier molecular flexibility index (Phi) is 4.67. The second-order valence-electron chi connectivity index (χ2n) is 5.64. The number of rotatable bonds is 3. The van der Waals surface area contributed by atoms with Crippen molar-refractivity contribution in [3.8, 4) is 0 Å². The summed E-state index contributed by atoms with van der Waals surface area (Å²) in [6, 6.07) is 2.55. The minimum absolute atomic E-state index is 0.402. The van der Waals surface area contributed by atoms with Crippen LogP contribution in [0.3, 0.4) is 0 Å². The molecule has 17 heavy (non-hydrogen) atoms. The fourth-order valence-electron chi connectivity index (χ4n) is 2.87. The largest absolute Gasteiger partial charge is 0.327 e. The Morgan fingerprint density at radius 2 is 2.24 bits per heavy atom. The van der Waals surface area contributed by atoms with Gasteiger partial charge in [-0.3, -0.25) is 0 Å². The van der Waals surface area contributed by atoms with Crippen molar-refractivity contribution in [2.75, 3.05) is 0 Å². The first-order valence-corrected chi connectivity index (χ1v) is 8.22. The van der Waals surface area contributed by atoms with Gasteiger partial charge in [0.05, 0.1) is 0 Å². The Balaban J connectivity index is 2.01. The van der Waals surface area contributed by atoms with Gasteiger partial charge < -0.3 is 5.73 Å². The zero-order valence-electron chi connectivity index (χ0n) is 10.7. The monoisotopic (exact) mass is 315 g/mol. The molecule has 2 N–H and O–H groups in total. The molecular weight excluding hydrogens is 294 g/mol. The lowest BCUT2D eigenvalue weighted by Crippen LogP contribution is -2.38. The summed E-state index contributed by atoms with van der Waals surface area (Å²) in [7, 11) is 0. The highest BCUT2D eigenvalue weighted by atomic mass is 79.9. The average molecular weight is 316 g/mol. The smallest absolute Gasteiger partial charge is 0.0314 e. The number of hydrogen-bond donors (Lipinski definition) is 1. The van der Waals surface area contributed by atoms with E-state index in [0.717, 1.165) is 18.3 Å². The van der Waals surface area contributed by atoms with Crippen molar-refractivity contribution in [2.24, 2.45) is 23.5 Å². The normalized spacial score (nSPS) is 29.8. The van der Waals surface area contributed by atoms with Crippen molar-refractivity contribution in [3.63, 3.8) is 0 Å². The third kappa shape index (κ3) is 3.33.